The second kappa shape index (κ2) is 2.69. The molecule has 1 aromatic rings. The summed E-state index contributed by atoms with van der Waals surface area (Å²) in [5.74, 6) is 4.80. The molecule has 2 heterocycles. The summed E-state index contributed by atoms with van der Waals surface area (Å²) in [4.78, 5) is 11.0. The van der Waals surface area contributed by atoms with Crippen LogP contribution in [0, 0.1) is 24.7 Å². The smallest absolute Gasteiger partial charge is 0.132 e. The number of aryl methyl sites for hydroxylation is 1. The standard InChI is InChI=1S/C11H15N3/c1-7-9-5-14(6-10(7)9)11-3-4-12-8(2)13-11/h3-4,7,9-10H,5-6H2,1-2H3. The molecule has 2 unspecified atom stereocenters. The Morgan fingerprint density at radius 2 is 2.07 bits per heavy atom. The number of hydrogen-bond donors (Lipinski definition) is 0. The number of hydrogen-bond acceptors (Lipinski definition) is 3. The number of piperidine rings is 1. The van der Waals surface area contributed by atoms with Gasteiger partial charge in [-0.15, -0.1) is 0 Å². The first-order chi connectivity index (χ1) is 6.75. The highest BCUT2D eigenvalue weighted by Crippen LogP contribution is 2.51. The average molecular weight is 189 g/mol. The summed E-state index contributed by atoms with van der Waals surface area (Å²) in [6.07, 6.45) is 1.85. The second-order valence-electron chi connectivity index (χ2n) is 4.55. The van der Waals surface area contributed by atoms with E-state index in [4.69, 9.17) is 0 Å². The van der Waals surface area contributed by atoms with Crippen LogP contribution in [0.3, 0.4) is 0 Å². The minimum Gasteiger partial charge on any atom is -0.356 e. The third-order valence-corrected chi connectivity index (χ3v) is 3.71. The molecule has 3 heteroatoms. The number of aromatic nitrogens is 2. The summed E-state index contributed by atoms with van der Waals surface area (Å²) in [5.41, 5.74) is 0. The predicted molar refractivity (Wildman–Crippen MR) is 55.1 cm³/mol. The average Bonchev–Trinajstić information content (AvgIpc) is 2.66. The lowest BCUT2D eigenvalue weighted by atomic mass is 10.3. The first-order valence-electron chi connectivity index (χ1n) is 5.30. The van der Waals surface area contributed by atoms with Crippen LogP contribution in [0.15, 0.2) is 12.3 Å². The molecule has 1 aromatic heterocycles. The van der Waals surface area contributed by atoms with E-state index in [0.717, 1.165) is 29.4 Å². The van der Waals surface area contributed by atoms with Crippen molar-refractivity contribution in [1.82, 2.24) is 9.97 Å². The number of rotatable bonds is 1. The molecule has 0 N–H and O–H groups in total. The van der Waals surface area contributed by atoms with Gasteiger partial charge < -0.3 is 4.90 Å². The first kappa shape index (κ1) is 8.21. The number of fused-ring (bicyclic) bond motifs is 1. The maximum atomic E-state index is 4.45. The van der Waals surface area contributed by atoms with Crippen LogP contribution in [0.25, 0.3) is 0 Å². The van der Waals surface area contributed by atoms with Gasteiger partial charge in [0.15, 0.2) is 0 Å². The van der Waals surface area contributed by atoms with Crippen LogP contribution < -0.4 is 4.90 Å². The summed E-state index contributed by atoms with van der Waals surface area (Å²) >= 11 is 0. The first-order valence-corrected chi connectivity index (χ1v) is 5.30. The Labute approximate surface area is 84.2 Å². The number of anilines is 1. The molecular formula is C11H15N3. The fraction of sp³-hybridized carbons (Fsp3) is 0.636. The van der Waals surface area contributed by atoms with Crippen molar-refractivity contribution >= 4 is 5.82 Å². The van der Waals surface area contributed by atoms with E-state index in [9.17, 15) is 0 Å². The van der Waals surface area contributed by atoms with Crippen molar-refractivity contribution in [3.8, 4) is 0 Å². The summed E-state index contributed by atoms with van der Waals surface area (Å²) in [6, 6.07) is 2.02. The molecule has 2 atom stereocenters. The van der Waals surface area contributed by atoms with Crippen LogP contribution in [-0.4, -0.2) is 23.1 Å². The fourth-order valence-electron chi connectivity index (χ4n) is 2.63. The zero-order chi connectivity index (χ0) is 9.71. The maximum absolute atomic E-state index is 4.45. The molecule has 0 bridgehead atoms. The minimum atomic E-state index is 0.871. The minimum absolute atomic E-state index is 0.871. The molecule has 2 fully saturated rings. The molecule has 1 saturated carbocycles. The van der Waals surface area contributed by atoms with E-state index in [0.29, 0.717) is 0 Å². The normalized spacial score (nSPS) is 34.4. The lowest BCUT2D eigenvalue weighted by molar-refractivity contribution is 0.682. The van der Waals surface area contributed by atoms with Crippen molar-refractivity contribution in [3.63, 3.8) is 0 Å². The van der Waals surface area contributed by atoms with Crippen molar-refractivity contribution in [2.24, 2.45) is 17.8 Å². The predicted octanol–water partition coefficient (Wildman–Crippen LogP) is 1.49. The quantitative estimate of drug-likeness (QED) is 0.670. The topological polar surface area (TPSA) is 29.0 Å². The van der Waals surface area contributed by atoms with Gasteiger partial charge in [-0.25, -0.2) is 9.97 Å². The van der Waals surface area contributed by atoms with Crippen LogP contribution in [-0.2, 0) is 0 Å². The Morgan fingerprint density at radius 1 is 1.36 bits per heavy atom. The Bertz CT molecular complexity index is 351. The summed E-state index contributed by atoms with van der Waals surface area (Å²) in [7, 11) is 0. The van der Waals surface area contributed by atoms with Crippen molar-refractivity contribution in [1.29, 1.82) is 0 Å². The van der Waals surface area contributed by atoms with E-state index in [-0.39, 0.29) is 0 Å². The SMILES string of the molecule is Cc1nccc(N2CC3C(C)C3C2)n1. The van der Waals surface area contributed by atoms with Crippen molar-refractivity contribution < 1.29 is 0 Å². The zero-order valence-electron chi connectivity index (χ0n) is 8.64. The van der Waals surface area contributed by atoms with Crippen molar-refractivity contribution in [2.45, 2.75) is 13.8 Å². The molecule has 0 spiro atoms. The molecule has 0 aromatic carbocycles. The van der Waals surface area contributed by atoms with Crippen molar-refractivity contribution in [2.75, 3.05) is 18.0 Å². The van der Waals surface area contributed by atoms with E-state index >= 15 is 0 Å². The van der Waals surface area contributed by atoms with Gasteiger partial charge in [-0.3, -0.25) is 0 Å². The van der Waals surface area contributed by atoms with E-state index < -0.39 is 0 Å². The molecular weight excluding hydrogens is 174 g/mol. The highest BCUT2D eigenvalue weighted by atomic mass is 15.2. The van der Waals surface area contributed by atoms with Crippen molar-refractivity contribution in [3.05, 3.63) is 18.1 Å². The molecule has 1 aliphatic carbocycles. The molecule has 3 nitrogen and oxygen atoms in total. The highest BCUT2D eigenvalue weighted by Gasteiger charge is 2.52. The van der Waals surface area contributed by atoms with E-state index in [2.05, 4.69) is 21.8 Å². The highest BCUT2D eigenvalue weighted by molar-refractivity contribution is 5.41. The van der Waals surface area contributed by atoms with Crippen LogP contribution >= 0.6 is 0 Å². The maximum Gasteiger partial charge on any atom is 0.132 e. The van der Waals surface area contributed by atoms with E-state index in [1.807, 2.05) is 19.2 Å². The van der Waals surface area contributed by atoms with Crippen LogP contribution in [0.4, 0.5) is 5.82 Å². The Morgan fingerprint density at radius 3 is 2.71 bits per heavy atom. The van der Waals surface area contributed by atoms with Gasteiger partial charge in [0.05, 0.1) is 0 Å². The molecule has 0 amide bonds. The molecule has 3 rings (SSSR count). The van der Waals surface area contributed by atoms with Gasteiger partial charge in [0.2, 0.25) is 0 Å². The van der Waals surface area contributed by atoms with Gasteiger partial charge in [-0.2, -0.15) is 0 Å². The second-order valence-corrected chi connectivity index (χ2v) is 4.55. The third kappa shape index (κ3) is 1.11. The summed E-state index contributed by atoms with van der Waals surface area (Å²) in [6.45, 7) is 6.70. The lowest BCUT2D eigenvalue weighted by Crippen LogP contribution is -2.24. The summed E-state index contributed by atoms with van der Waals surface area (Å²) < 4.78 is 0. The zero-order valence-corrected chi connectivity index (χ0v) is 8.64. The Kier molecular flexibility index (Phi) is 1.58. The largest absolute Gasteiger partial charge is 0.356 e. The van der Waals surface area contributed by atoms with Crippen LogP contribution in [0.1, 0.15) is 12.7 Å². The summed E-state index contributed by atoms with van der Waals surface area (Å²) in [5, 5.41) is 0. The van der Waals surface area contributed by atoms with E-state index in [1.54, 1.807) is 0 Å². The number of nitrogens with zero attached hydrogens (tertiary/aromatic N) is 3. The van der Waals surface area contributed by atoms with Gasteiger partial charge >= 0.3 is 0 Å². The molecule has 14 heavy (non-hydrogen) atoms. The molecule has 0 radical (unpaired) electrons. The molecule has 74 valence electrons. The molecule has 1 saturated heterocycles. The van der Waals surface area contributed by atoms with Crippen LogP contribution in [0.2, 0.25) is 0 Å². The third-order valence-electron chi connectivity index (χ3n) is 3.71. The van der Waals surface area contributed by atoms with Gasteiger partial charge in [0, 0.05) is 19.3 Å². The Hall–Kier alpha value is -1.12. The van der Waals surface area contributed by atoms with Crippen LogP contribution in [0.5, 0.6) is 0 Å². The van der Waals surface area contributed by atoms with Gasteiger partial charge in [-0.05, 0) is 30.7 Å². The lowest BCUT2D eigenvalue weighted by Gasteiger charge is -2.19. The molecule has 2 aliphatic rings. The molecule has 1 aliphatic heterocycles. The van der Waals surface area contributed by atoms with E-state index in [1.165, 1.54) is 13.1 Å². The Balaban J connectivity index is 1.79. The van der Waals surface area contributed by atoms with Gasteiger partial charge in [0.1, 0.15) is 11.6 Å². The monoisotopic (exact) mass is 189 g/mol. The fourth-order valence-corrected chi connectivity index (χ4v) is 2.63. The van der Waals surface area contributed by atoms with Gasteiger partial charge in [-0.1, -0.05) is 6.92 Å². The van der Waals surface area contributed by atoms with Gasteiger partial charge in [0.25, 0.3) is 0 Å².